The summed E-state index contributed by atoms with van der Waals surface area (Å²) in [5.74, 6) is 0.492. The first-order valence-electron chi connectivity index (χ1n) is 7.72. The first kappa shape index (κ1) is 16.3. The molecule has 26 heavy (non-hydrogen) atoms. The quantitative estimate of drug-likeness (QED) is 0.730. The number of hydrogen-bond acceptors (Lipinski definition) is 6. The number of rotatable bonds is 4. The maximum Gasteiger partial charge on any atom is 0.319 e. The maximum atomic E-state index is 12.3. The predicted octanol–water partition coefficient (Wildman–Crippen LogP) is 2.37. The Bertz CT molecular complexity index is 987. The van der Waals surface area contributed by atoms with Crippen LogP contribution >= 0.6 is 11.6 Å². The molecule has 3 heterocycles. The number of hydrogen-bond donors (Lipinski definition) is 2. The van der Waals surface area contributed by atoms with E-state index < -0.39 is 0 Å². The van der Waals surface area contributed by atoms with Crippen LogP contribution in [-0.2, 0) is 0 Å². The molecule has 132 valence electrons. The summed E-state index contributed by atoms with van der Waals surface area (Å²) >= 11 is 5.94. The lowest BCUT2D eigenvalue weighted by Gasteiger charge is -2.11. The van der Waals surface area contributed by atoms with Gasteiger partial charge in [-0.3, -0.25) is 4.79 Å². The fraction of sp³-hybridized carbons (Fsp3) is 0.176. The van der Waals surface area contributed by atoms with Crippen molar-refractivity contribution in [3.63, 3.8) is 0 Å². The van der Waals surface area contributed by atoms with E-state index >= 15 is 0 Å². The van der Waals surface area contributed by atoms with Crippen molar-refractivity contribution >= 4 is 17.5 Å². The first-order chi connectivity index (χ1) is 12.6. The fourth-order valence-corrected chi connectivity index (χ4v) is 2.97. The van der Waals surface area contributed by atoms with E-state index in [4.69, 9.17) is 21.1 Å². The van der Waals surface area contributed by atoms with Gasteiger partial charge >= 0.3 is 6.01 Å². The van der Waals surface area contributed by atoms with Gasteiger partial charge in [0, 0.05) is 11.2 Å². The number of nitrogens with zero attached hydrogens (tertiary/aromatic N) is 3. The molecule has 1 aliphatic rings. The SMILES string of the molecule is COc1ncc(-c2nc3c([nH]2)C(c2ccc(Cl)cc2)NC3=O)c(OC)n1. The molecule has 1 atom stereocenters. The number of H-pyrrole nitrogens is 1. The molecule has 0 fully saturated rings. The van der Waals surface area contributed by atoms with Crippen LogP contribution in [-0.4, -0.2) is 40.1 Å². The molecule has 2 N–H and O–H groups in total. The molecule has 0 saturated heterocycles. The topological polar surface area (TPSA) is 102 Å². The smallest absolute Gasteiger partial charge is 0.319 e. The van der Waals surface area contributed by atoms with E-state index in [0.717, 1.165) is 5.56 Å². The lowest BCUT2D eigenvalue weighted by Crippen LogP contribution is -2.21. The van der Waals surface area contributed by atoms with Gasteiger partial charge < -0.3 is 19.8 Å². The molecule has 2 aromatic heterocycles. The van der Waals surface area contributed by atoms with Crippen LogP contribution in [0.3, 0.4) is 0 Å². The van der Waals surface area contributed by atoms with Crippen molar-refractivity contribution in [1.29, 1.82) is 0 Å². The predicted molar refractivity (Wildman–Crippen MR) is 93.5 cm³/mol. The van der Waals surface area contributed by atoms with Gasteiger partial charge in [-0.25, -0.2) is 9.97 Å². The number of amides is 1. The van der Waals surface area contributed by atoms with E-state index in [2.05, 4.69) is 25.3 Å². The highest BCUT2D eigenvalue weighted by atomic mass is 35.5. The van der Waals surface area contributed by atoms with E-state index in [9.17, 15) is 4.79 Å². The largest absolute Gasteiger partial charge is 0.480 e. The molecule has 1 aliphatic heterocycles. The standard InChI is InChI=1S/C17H14ClN5O3/c1-25-16-10(7-19-17(23-16)26-2)14-20-12-11(22-15(24)13(12)21-14)8-3-5-9(18)6-4-8/h3-7,11H,1-2H3,(H,20,21)(H,22,24). The van der Waals surface area contributed by atoms with Gasteiger partial charge in [-0.05, 0) is 17.7 Å². The summed E-state index contributed by atoms with van der Waals surface area (Å²) in [5.41, 5.74) is 2.43. The number of benzene rings is 1. The fourth-order valence-electron chi connectivity index (χ4n) is 2.84. The number of ether oxygens (including phenoxy) is 2. The van der Waals surface area contributed by atoms with Gasteiger partial charge in [0.25, 0.3) is 5.91 Å². The summed E-state index contributed by atoms with van der Waals surface area (Å²) in [4.78, 5) is 28.1. The highest BCUT2D eigenvalue weighted by molar-refractivity contribution is 6.30. The van der Waals surface area contributed by atoms with E-state index in [1.165, 1.54) is 20.4 Å². The van der Waals surface area contributed by atoms with Gasteiger partial charge in [-0.15, -0.1) is 0 Å². The molecule has 9 heteroatoms. The Kier molecular flexibility index (Phi) is 3.96. The number of carbonyl (C=O) groups excluding carboxylic acids is 1. The number of aromatic nitrogens is 4. The summed E-state index contributed by atoms with van der Waals surface area (Å²) < 4.78 is 10.3. The van der Waals surface area contributed by atoms with Crippen molar-refractivity contribution in [1.82, 2.24) is 25.3 Å². The summed E-state index contributed by atoms with van der Waals surface area (Å²) in [6.45, 7) is 0. The van der Waals surface area contributed by atoms with Crippen LogP contribution in [0.15, 0.2) is 30.5 Å². The lowest BCUT2D eigenvalue weighted by molar-refractivity contribution is 0.0956. The molecular weight excluding hydrogens is 358 g/mol. The van der Waals surface area contributed by atoms with Crippen molar-refractivity contribution in [2.24, 2.45) is 0 Å². The van der Waals surface area contributed by atoms with Crippen LogP contribution in [0.4, 0.5) is 0 Å². The Balaban J connectivity index is 1.77. The molecular formula is C17H14ClN5O3. The zero-order valence-electron chi connectivity index (χ0n) is 13.9. The monoisotopic (exact) mass is 371 g/mol. The molecule has 0 saturated carbocycles. The minimum atomic E-state index is -0.332. The van der Waals surface area contributed by atoms with Crippen LogP contribution in [0.25, 0.3) is 11.4 Å². The second kappa shape index (κ2) is 6.30. The maximum absolute atomic E-state index is 12.3. The molecule has 0 bridgehead atoms. The molecule has 4 rings (SSSR count). The summed E-state index contributed by atoms with van der Waals surface area (Å²) in [6, 6.07) is 7.12. The highest BCUT2D eigenvalue weighted by Gasteiger charge is 2.34. The Morgan fingerprint density at radius 1 is 1.12 bits per heavy atom. The number of aromatic amines is 1. The zero-order valence-corrected chi connectivity index (χ0v) is 14.7. The summed E-state index contributed by atoms with van der Waals surface area (Å²) in [5, 5.41) is 3.53. The number of methoxy groups -OCH3 is 2. The Hall–Kier alpha value is -3.13. The van der Waals surface area contributed by atoms with Crippen molar-refractivity contribution in [2.45, 2.75) is 6.04 Å². The van der Waals surface area contributed by atoms with Gasteiger partial charge in [0.1, 0.15) is 5.82 Å². The molecule has 1 unspecified atom stereocenters. The van der Waals surface area contributed by atoms with Gasteiger partial charge in [0.2, 0.25) is 5.88 Å². The van der Waals surface area contributed by atoms with Gasteiger partial charge in [0.15, 0.2) is 5.69 Å². The summed E-state index contributed by atoms with van der Waals surface area (Å²) in [6.07, 6.45) is 1.54. The van der Waals surface area contributed by atoms with Crippen molar-refractivity contribution in [2.75, 3.05) is 14.2 Å². The third kappa shape index (κ3) is 2.64. The van der Waals surface area contributed by atoms with Crippen molar-refractivity contribution in [3.8, 4) is 23.3 Å². The van der Waals surface area contributed by atoms with Gasteiger partial charge in [-0.2, -0.15) is 4.98 Å². The number of halogens is 1. The molecule has 1 amide bonds. The second-order valence-corrected chi connectivity index (χ2v) is 6.02. The van der Waals surface area contributed by atoms with E-state index in [1.807, 2.05) is 12.1 Å². The van der Waals surface area contributed by atoms with E-state index in [-0.39, 0.29) is 18.0 Å². The van der Waals surface area contributed by atoms with Crippen LogP contribution < -0.4 is 14.8 Å². The number of nitrogens with one attached hydrogen (secondary N) is 2. The van der Waals surface area contributed by atoms with E-state index in [0.29, 0.717) is 33.7 Å². The minimum absolute atomic E-state index is 0.182. The van der Waals surface area contributed by atoms with Crippen LogP contribution in [0.5, 0.6) is 11.9 Å². The Morgan fingerprint density at radius 3 is 2.58 bits per heavy atom. The number of fused-ring (bicyclic) bond motifs is 1. The van der Waals surface area contributed by atoms with E-state index in [1.54, 1.807) is 12.1 Å². The summed E-state index contributed by atoms with van der Waals surface area (Å²) in [7, 11) is 2.96. The molecule has 0 spiro atoms. The van der Waals surface area contributed by atoms with Crippen molar-refractivity contribution in [3.05, 3.63) is 52.4 Å². The molecule has 0 radical (unpaired) electrons. The average molecular weight is 372 g/mol. The highest BCUT2D eigenvalue weighted by Crippen LogP contribution is 2.34. The minimum Gasteiger partial charge on any atom is -0.480 e. The molecule has 0 aliphatic carbocycles. The molecule has 1 aromatic carbocycles. The van der Waals surface area contributed by atoms with Crippen LogP contribution in [0, 0.1) is 0 Å². The third-order valence-electron chi connectivity index (χ3n) is 4.08. The normalized spacial score (nSPS) is 15.5. The molecule has 8 nitrogen and oxygen atoms in total. The second-order valence-electron chi connectivity index (χ2n) is 5.59. The Morgan fingerprint density at radius 2 is 1.88 bits per heavy atom. The lowest BCUT2D eigenvalue weighted by atomic mass is 10.1. The van der Waals surface area contributed by atoms with Gasteiger partial charge in [-0.1, -0.05) is 23.7 Å². The zero-order chi connectivity index (χ0) is 18.3. The van der Waals surface area contributed by atoms with Gasteiger partial charge in [0.05, 0.1) is 31.5 Å². The third-order valence-corrected chi connectivity index (χ3v) is 4.33. The average Bonchev–Trinajstić information content (AvgIpc) is 3.22. The van der Waals surface area contributed by atoms with Crippen LogP contribution in [0.2, 0.25) is 5.02 Å². The number of imidazole rings is 1. The number of carbonyl (C=O) groups is 1. The van der Waals surface area contributed by atoms with Crippen LogP contribution in [0.1, 0.15) is 27.8 Å². The first-order valence-corrected chi connectivity index (χ1v) is 8.10. The Labute approximate surface area is 153 Å². The van der Waals surface area contributed by atoms with Crippen molar-refractivity contribution < 1.29 is 14.3 Å². The molecule has 3 aromatic rings.